The molecule has 92 valence electrons. The monoisotopic (exact) mass is 237 g/mol. The summed E-state index contributed by atoms with van der Waals surface area (Å²) in [6, 6.07) is 2.46. The van der Waals surface area contributed by atoms with Crippen LogP contribution in [0.5, 0.6) is 5.88 Å². The van der Waals surface area contributed by atoms with Gasteiger partial charge >= 0.3 is 0 Å². The molecule has 6 heteroatoms. The van der Waals surface area contributed by atoms with Crippen LogP contribution in [-0.2, 0) is 0 Å². The largest absolute Gasteiger partial charge is 0.494 e. The van der Waals surface area contributed by atoms with E-state index >= 15 is 0 Å². The van der Waals surface area contributed by atoms with Crippen LogP contribution in [-0.4, -0.2) is 40.5 Å². The van der Waals surface area contributed by atoms with Gasteiger partial charge in [-0.25, -0.2) is 0 Å². The van der Waals surface area contributed by atoms with Crippen LogP contribution in [0.25, 0.3) is 0 Å². The van der Waals surface area contributed by atoms with Crippen molar-refractivity contribution in [2.24, 2.45) is 11.7 Å². The lowest BCUT2D eigenvalue weighted by molar-refractivity contribution is 0.0787. The van der Waals surface area contributed by atoms with Crippen molar-refractivity contribution >= 4 is 5.91 Å². The van der Waals surface area contributed by atoms with Crippen molar-refractivity contribution in [3.63, 3.8) is 0 Å². The number of pyridine rings is 1. The van der Waals surface area contributed by atoms with Crippen LogP contribution in [0.15, 0.2) is 16.9 Å². The highest BCUT2D eigenvalue weighted by Gasteiger charge is 2.26. The topological polar surface area (TPSA) is 99.4 Å². The number of H-pyrrole nitrogens is 1. The lowest BCUT2D eigenvalue weighted by atomic mass is 10.1. The summed E-state index contributed by atoms with van der Waals surface area (Å²) in [5.74, 6) is -0.202. The molecule has 1 aliphatic heterocycles. The fraction of sp³-hybridized carbons (Fsp3) is 0.455. The molecule has 0 saturated carbocycles. The fourth-order valence-corrected chi connectivity index (χ4v) is 2.04. The predicted octanol–water partition coefficient (Wildman–Crippen LogP) is -0.499. The Labute approximate surface area is 98.1 Å². The first-order chi connectivity index (χ1) is 8.10. The number of carbonyl (C=O) groups excluding carboxylic acids is 1. The summed E-state index contributed by atoms with van der Waals surface area (Å²) in [4.78, 5) is 27.0. The third-order valence-corrected chi connectivity index (χ3v) is 2.98. The first-order valence-electron chi connectivity index (χ1n) is 5.53. The van der Waals surface area contributed by atoms with Gasteiger partial charge in [0.1, 0.15) is 0 Å². The van der Waals surface area contributed by atoms with E-state index in [1.807, 2.05) is 0 Å². The molecular formula is C11H15N3O3. The molecule has 0 aliphatic carbocycles. The number of hydrogen-bond acceptors (Lipinski definition) is 4. The average molecular weight is 237 g/mol. The molecule has 1 aliphatic rings. The molecule has 1 unspecified atom stereocenters. The van der Waals surface area contributed by atoms with Crippen molar-refractivity contribution in [2.45, 2.75) is 6.42 Å². The second kappa shape index (κ2) is 4.58. The van der Waals surface area contributed by atoms with Crippen molar-refractivity contribution < 1.29 is 9.90 Å². The zero-order valence-electron chi connectivity index (χ0n) is 9.35. The van der Waals surface area contributed by atoms with E-state index < -0.39 is 5.56 Å². The molecular weight excluding hydrogens is 222 g/mol. The Morgan fingerprint density at radius 3 is 2.94 bits per heavy atom. The molecule has 17 heavy (non-hydrogen) atoms. The lowest BCUT2D eigenvalue weighted by Gasteiger charge is -2.16. The Hall–Kier alpha value is -1.82. The third kappa shape index (κ3) is 2.47. The van der Waals surface area contributed by atoms with Crippen molar-refractivity contribution in [3.8, 4) is 5.88 Å². The lowest BCUT2D eigenvalue weighted by Crippen LogP contribution is -2.30. The summed E-state index contributed by atoms with van der Waals surface area (Å²) in [6.07, 6.45) is 0.886. The number of aromatic hydroxyl groups is 1. The molecule has 2 heterocycles. The van der Waals surface area contributed by atoms with Crippen LogP contribution < -0.4 is 11.3 Å². The summed E-state index contributed by atoms with van der Waals surface area (Å²) in [5, 5.41) is 9.24. The van der Waals surface area contributed by atoms with Gasteiger partial charge in [0.2, 0.25) is 0 Å². The maximum Gasteiger partial charge on any atom is 0.254 e. The van der Waals surface area contributed by atoms with Crippen LogP contribution in [0.2, 0.25) is 0 Å². The minimum atomic E-state index is -0.483. The van der Waals surface area contributed by atoms with Gasteiger partial charge in [0.25, 0.3) is 11.5 Å². The highest BCUT2D eigenvalue weighted by molar-refractivity contribution is 5.94. The zero-order chi connectivity index (χ0) is 12.4. The quantitative estimate of drug-likeness (QED) is 0.645. The SMILES string of the molecule is NCC1CCN(C(=O)c2cc(O)[nH]c(=O)c2)C1. The minimum Gasteiger partial charge on any atom is -0.494 e. The number of nitrogens with zero attached hydrogens (tertiary/aromatic N) is 1. The molecule has 1 aromatic heterocycles. The van der Waals surface area contributed by atoms with Gasteiger partial charge in [-0.05, 0) is 18.9 Å². The Bertz CT molecular complexity index is 483. The summed E-state index contributed by atoms with van der Waals surface area (Å²) in [6.45, 7) is 1.82. The predicted molar refractivity (Wildman–Crippen MR) is 61.8 cm³/mol. The smallest absolute Gasteiger partial charge is 0.254 e. The fourth-order valence-electron chi connectivity index (χ4n) is 2.04. The number of nitrogens with one attached hydrogen (secondary N) is 1. The maximum absolute atomic E-state index is 12.0. The summed E-state index contributed by atoms with van der Waals surface area (Å²) in [7, 11) is 0. The van der Waals surface area contributed by atoms with Gasteiger partial charge in [-0.1, -0.05) is 0 Å². The van der Waals surface area contributed by atoms with Crippen molar-refractivity contribution in [1.82, 2.24) is 9.88 Å². The standard InChI is InChI=1S/C11H15N3O3/c12-5-7-1-2-14(6-7)11(17)8-3-9(15)13-10(16)4-8/h3-4,7H,1-2,5-6,12H2,(H2,13,15,16). The molecule has 6 nitrogen and oxygen atoms in total. The third-order valence-electron chi connectivity index (χ3n) is 2.98. The van der Waals surface area contributed by atoms with Crippen molar-refractivity contribution in [3.05, 3.63) is 28.0 Å². The van der Waals surface area contributed by atoms with Crippen molar-refractivity contribution in [2.75, 3.05) is 19.6 Å². The van der Waals surface area contributed by atoms with E-state index in [0.717, 1.165) is 6.42 Å². The molecule has 0 aromatic carbocycles. The molecule has 4 N–H and O–H groups in total. The van der Waals surface area contributed by atoms with Crippen LogP contribution in [0.4, 0.5) is 0 Å². The highest BCUT2D eigenvalue weighted by Crippen LogP contribution is 2.18. The van der Waals surface area contributed by atoms with Gasteiger partial charge in [-0.15, -0.1) is 0 Å². The van der Waals surface area contributed by atoms with E-state index in [4.69, 9.17) is 5.73 Å². The van der Waals surface area contributed by atoms with E-state index in [-0.39, 0.29) is 17.4 Å². The van der Waals surface area contributed by atoms with Crippen LogP contribution in [0.1, 0.15) is 16.8 Å². The van der Waals surface area contributed by atoms with Crippen LogP contribution >= 0.6 is 0 Å². The van der Waals surface area contributed by atoms with E-state index in [0.29, 0.717) is 25.6 Å². The summed E-state index contributed by atoms with van der Waals surface area (Å²) in [5.41, 5.74) is 5.28. The van der Waals surface area contributed by atoms with Gasteiger partial charge < -0.3 is 15.7 Å². The number of aromatic nitrogens is 1. The Morgan fingerprint density at radius 2 is 2.35 bits per heavy atom. The number of rotatable bonds is 2. The molecule has 1 amide bonds. The van der Waals surface area contributed by atoms with Gasteiger partial charge in [-0.2, -0.15) is 0 Å². The maximum atomic E-state index is 12.0. The van der Waals surface area contributed by atoms with Gasteiger partial charge in [0, 0.05) is 25.2 Å². The van der Waals surface area contributed by atoms with E-state index in [2.05, 4.69) is 4.98 Å². The first kappa shape index (κ1) is 11.7. The number of likely N-dealkylation sites (tertiary alicyclic amines) is 1. The molecule has 2 rings (SSSR count). The number of hydrogen-bond donors (Lipinski definition) is 3. The molecule has 0 radical (unpaired) electrons. The van der Waals surface area contributed by atoms with Crippen LogP contribution in [0, 0.1) is 5.92 Å². The minimum absolute atomic E-state index is 0.212. The number of aromatic amines is 1. The average Bonchev–Trinajstić information content (AvgIpc) is 2.75. The second-order valence-electron chi connectivity index (χ2n) is 4.26. The molecule has 0 bridgehead atoms. The highest BCUT2D eigenvalue weighted by atomic mass is 16.3. The summed E-state index contributed by atoms with van der Waals surface area (Å²) < 4.78 is 0. The molecule has 1 fully saturated rings. The first-order valence-corrected chi connectivity index (χ1v) is 5.53. The molecule has 1 saturated heterocycles. The number of nitrogens with two attached hydrogens (primary N) is 1. The number of carbonyl (C=O) groups is 1. The second-order valence-corrected chi connectivity index (χ2v) is 4.26. The molecule has 1 aromatic rings. The molecule has 0 spiro atoms. The van der Waals surface area contributed by atoms with Crippen LogP contribution in [0.3, 0.4) is 0 Å². The Balaban J connectivity index is 2.17. The van der Waals surface area contributed by atoms with E-state index in [9.17, 15) is 14.7 Å². The summed E-state index contributed by atoms with van der Waals surface area (Å²) >= 11 is 0. The van der Waals surface area contributed by atoms with Gasteiger partial charge in [0.15, 0.2) is 5.88 Å². The number of amides is 1. The van der Waals surface area contributed by atoms with Gasteiger partial charge in [-0.3, -0.25) is 14.6 Å². The normalized spacial score (nSPS) is 19.6. The van der Waals surface area contributed by atoms with E-state index in [1.165, 1.54) is 12.1 Å². The Morgan fingerprint density at radius 1 is 1.59 bits per heavy atom. The van der Waals surface area contributed by atoms with E-state index in [1.54, 1.807) is 4.90 Å². The Kier molecular flexibility index (Phi) is 3.14. The van der Waals surface area contributed by atoms with Crippen molar-refractivity contribution in [1.29, 1.82) is 0 Å². The zero-order valence-corrected chi connectivity index (χ0v) is 9.35. The molecule has 1 atom stereocenters. The van der Waals surface area contributed by atoms with Gasteiger partial charge in [0.05, 0.1) is 5.56 Å².